The molecule has 1 aliphatic heterocycles. The van der Waals surface area contributed by atoms with Crippen LogP contribution in [0.3, 0.4) is 0 Å². The summed E-state index contributed by atoms with van der Waals surface area (Å²) in [7, 11) is 0. The Kier molecular flexibility index (Phi) is 4.99. The molecule has 0 saturated carbocycles. The Morgan fingerprint density at radius 3 is 2.47 bits per heavy atom. The van der Waals surface area contributed by atoms with Gasteiger partial charge in [0.25, 0.3) is 5.91 Å². The fraction of sp³-hybridized carbons (Fsp3) is 0.0800. The second-order valence-electron chi connectivity index (χ2n) is 7.55. The molecule has 0 spiro atoms. The largest absolute Gasteiger partial charge is 0.450 e. The zero-order valence-electron chi connectivity index (χ0n) is 16.8. The van der Waals surface area contributed by atoms with Crippen LogP contribution in [-0.4, -0.2) is 11.7 Å². The van der Waals surface area contributed by atoms with Gasteiger partial charge in [-0.1, -0.05) is 39.7 Å². The highest BCUT2D eigenvalue weighted by Gasteiger charge is 2.43. The van der Waals surface area contributed by atoms with Gasteiger partial charge < -0.3 is 4.42 Å². The summed E-state index contributed by atoms with van der Waals surface area (Å²) in [6.45, 7) is 1.48. The highest BCUT2D eigenvalue weighted by atomic mass is 79.9. The van der Waals surface area contributed by atoms with Crippen LogP contribution in [0.1, 0.15) is 45.0 Å². The molecule has 158 valence electrons. The molecular formula is C25H15BrClNO4. The zero-order chi connectivity index (χ0) is 22.6. The van der Waals surface area contributed by atoms with Crippen LogP contribution in [-0.2, 0) is 0 Å². The second-order valence-corrected chi connectivity index (χ2v) is 8.90. The molecule has 1 aromatic heterocycles. The number of hydrogen-bond acceptors (Lipinski definition) is 4. The molecule has 5 nitrogen and oxygen atoms in total. The minimum absolute atomic E-state index is 0.00504. The van der Waals surface area contributed by atoms with E-state index in [-0.39, 0.29) is 22.5 Å². The predicted octanol–water partition coefficient (Wildman–Crippen LogP) is 6.16. The van der Waals surface area contributed by atoms with E-state index in [1.807, 2.05) is 6.07 Å². The van der Waals surface area contributed by atoms with Gasteiger partial charge in [0.05, 0.1) is 17.0 Å². The Hall–Kier alpha value is -3.22. The number of nitrogens with zero attached hydrogens (tertiary/aromatic N) is 1. The van der Waals surface area contributed by atoms with Crippen LogP contribution in [0.15, 0.2) is 80.4 Å². The van der Waals surface area contributed by atoms with Crippen molar-refractivity contribution in [3.05, 3.63) is 109 Å². The van der Waals surface area contributed by atoms with Crippen molar-refractivity contribution in [1.29, 1.82) is 0 Å². The number of benzene rings is 3. The van der Waals surface area contributed by atoms with Crippen LogP contribution >= 0.6 is 27.5 Å². The average molecular weight is 509 g/mol. The first-order valence-corrected chi connectivity index (χ1v) is 11.0. The van der Waals surface area contributed by atoms with Crippen molar-refractivity contribution in [2.24, 2.45) is 0 Å². The fourth-order valence-corrected chi connectivity index (χ4v) is 4.62. The smallest absolute Gasteiger partial charge is 0.295 e. The van der Waals surface area contributed by atoms with Gasteiger partial charge in [0, 0.05) is 20.7 Å². The first-order chi connectivity index (χ1) is 15.3. The molecule has 0 radical (unpaired) electrons. The summed E-state index contributed by atoms with van der Waals surface area (Å²) < 4.78 is 6.68. The molecule has 1 unspecified atom stereocenters. The lowest BCUT2D eigenvalue weighted by molar-refractivity contribution is 0.0970. The Balaban J connectivity index is 1.79. The molecule has 0 aliphatic carbocycles. The van der Waals surface area contributed by atoms with E-state index < -0.39 is 11.9 Å². The van der Waals surface area contributed by atoms with Gasteiger partial charge in [0.15, 0.2) is 11.2 Å². The van der Waals surface area contributed by atoms with Crippen LogP contribution in [0.4, 0.5) is 5.69 Å². The fourth-order valence-electron chi connectivity index (χ4n) is 4.06. The molecule has 1 atom stereocenters. The van der Waals surface area contributed by atoms with Crippen LogP contribution in [0, 0.1) is 0 Å². The molecule has 2 heterocycles. The second kappa shape index (κ2) is 7.73. The topological polar surface area (TPSA) is 67.6 Å². The normalized spacial score (nSPS) is 15.3. The Bertz CT molecular complexity index is 1480. The zero-order valence-corrected chi connectivity index (χ0v) is 19.1. The molecule has 1 amide bonds. The average Bonchev–Trinajstić information content (AvgIpc) is 3.07. The maximum absolute atomic E-state index is 13.6. The monoisotopic (exact) mass is 507 g/mol. The number of hydrogen-bond donors (Lipinski definition) is 0. The van der Waals surface area contributed by atoms with Crippen molar-refractivity contribution in [3.63, 3.8) is 0 Å². The third kappa shape index (κ3) is 3.27. The molecule has 32 heavy (non-hydrogen) atoms. The lowest BCUT2D eigenvalue weighted by Gasteiger charge is -2.25. The molecule has 0 fully saturated rings. The quantitative estimate of drug-likeness (QED) is 0.311. The first kappa shape index (κ1) is 20.7. The van der Waals surface area contributed by atoms with E-state index in [4.69, 9.17) is 16.0 Å². The van der Waals surface area contributed by atoms with Gasteiger partial charge in [0.1, 0.15) is 5.58 Å². The lowest BCUT2D eigenvalue weighted by atomic mass is 9.98. The van der Waals surface area contributed by atoms with Crippen molar-refractivity contribution >= 4 is 55.9 Å². The first-order valence-electron chi connectivity index (χ1n) is 9.81. The number of anilines is 1. The molecular weight excluding hydrogens is 494 g/mol. The summed E-state index contributed by atoms with van der Waals surface area (Å²) >= 11 is 9.64. The van der Waals surface area contributed by atoms with Crippen molar-refractivity contribution in [2.45, 2.75) is 13.0 Å². The number of Topliss-reactive ketones (excluding diaryl/α,β-unsaturated/α-hetero) is 1. The molecule has 7 heteroatoms. The van der Waals surface area contributed by atoms with E-state index in [1.165, 1.54) is 11.8 Å². The summed E-state index contributed by atoms with van der Waals surface area (Å²) in [4.78, 5) is 40.3. The minimum atomic E-state index is -0.723. The van der Waals surface area contributed by atoms with Crippen molar-refractivity contribution in [1.82, 2.24) is 0 Å². The summed E-state index contributed by atoms with van der Waals surface area (Å²) in [5, 5.41) is 0.870. The highest BCUT2D eigenvalue weighted by molar-refractivity contribution is 9.10. The Morgan fingerprint density at radius 1 is 1.03 bits per heavy atom. The number of carbonyl (C=O) groups excluding carboxylic acids is 2. The standard InChI is InChI=1S/C25H15BrClNO4/c1-13(29)14-5-8-18(9-6-14)28-22(15-3-2-4-17(27)11-15)21-23(30)19-12-16(26)7-10-20(19)32-24(21)25(28)31/h2-12,22H,1H3. The minimum Gasteiger partial charge on any atom is -0.450 e. The number of amides is 1. The van der Waals surface area contributed by atoms with Gasteiger partial charge in [-0.25, -0.2) is 0 Å². The van der Waals surface area contributed by atoms with Crippen LogP contribution in [0.5, 0.6) is 0 Å². The number of halogens is 2. The summed E-state index contributed by atoms with van der Waals surface area (Å²) in [5.74, 6) is -0.499. The third-order valence-electron chi connectivity index (χ3n) is 5.55. The van der Waals surface area contributed by atoms with Gasteiger partial charge in [0.2, 0.25) is 5.76 Å². The SMILES string of the molecule is CC(=O)c1ccc(N2C(=O)c3oc4ccc(Br)cc4c(=O)c3C2c2cccc(Cl)c2)cc1. The number of fused-ring (bicyclic) bond motifs is 2. The molecule has 1 aliphatic rings. The molecule has 3 aromatic carbocycles. The molecule has 0 bridgehead atoms. The number of carbonyl (C=O) groups is 2. The number of ketones is 1. The van der Waals surface area contributed by atoms with Crippen LogP contribution < -0.4 is 10.3 Å². The van der Waals surface area contributed by atoms with Gasteiger partial charge in [-0.15, -0.1) is 0 Å². The highest BCUT2D eigenvalue weighted by Crippen LogP contribution is 2.41. The van der Waals surface area contributed by atoms with E-state index in [2.05, 4.69) is 15.9 Å². The lowest BCUT2D eigenvalue weighted by Crippen LogP contribution is -2.29. The Morgan fingerprint density at radius 2 is 1.78 bits per heavy atom. The summed E-state index contributed by atoms with van der Waals surface area (Å²) in [6.07, 6.45) is 0. The third-order valence-corrected chi connectivity index (χ3v) is 6.28. The predicted molar refractivity (Wildman–Crippen MR) is 127 cm³/mol. The van der Waals surface area contributed by atoms with E-state index >= 15 is 0 Å². The maximum atomic E-state index is 13.6. The van der Waals surface area contributed by atoms with Crippen molar-refractivity contribution in [3.8, 4) is 0 Å². The van der Waals surface area contributed by atoms with Gasteiger partial charge in [-0.05, 0) is 67.1 Å². The molecule has 0 saturated heterocycles. The van der Waals surface area contributed by atoms with E-state index in [0.29, 0.717) is 32.8 Å². The van der Waals surface area contributed by atoms with E-state index in [0.717, 1.165) is 4.47 Å². The van der Waals surface area contributed by atoms with E-state index in [1.54, 1.807) is 60.7 Å². The maximum Gasteiger partial charge on any atom is 0.295 e. The molecule has 4 aromatic rings. The summed E-state index contributed by atoms with van der Waals surface area (Å²) in [6, 6.07) is 18.1. The Labute approximate surface area is 196 Å². The van der Waals surface area contributed by atoms with Crippen LogP contribution in [0.25, 0.3) is 11.0 Å². The van der Waals surface area contributed by atoms with Crippen LogP contribution in [0.2, 0.25) is 5.02 Å². The van der Waals surface area contributed by atoms with Gasteiger partial charge in [-0.3, -0.25) is 19.3 Å². The van der Waals surface area contributed by atoms with Gasteiger partial charge >= 0.3 is 0 Å². The van der Waals surface area contributed by atoms with Gasteiger partial charge in [-0.2, -0.15) is 0 Å². The molecule has 5 rings (SSSR count). The summed E-state index contributed by atoms with van der Waals surface area (Å²) in [5.41, 5.74) is 2.08. The van der Waals surface area contributed by atoms with Crippen molar-refractivity contribution < 1.29 is 14.0 Å². The van der Waals surface area contributed by atoms with E-state index in [9.17, 15) is 14.4 Å². The molecule has 0 N–H and O–H groups in total. The van der Waals surface area contributed by atoms with Crippen molar-refractivity contribution in [2.75, 3.05) is 4.90 Å². The number of rotatable bonds is 3.